The molecular formula is C14H19NO2. The van der Waals surface area contributed by atoms with Crippen molar-refractivity contribution in [3.8, 4) is 0 Å². The van der Waals surface area contributed by atoms with Crippen LogP contribution in [0.4, 0.5) is 0 Å². The average molecular weight is 233 g/mol. The zero-order valence-corrected chi connectivity index (χ0v) is 10.4. The van der Waals surface area contributed by atoms with E-state index < -0.39 is 0 Å². The Kier molecular flexibility index (Phi) is 3.79. The second-order valence-electron chi connectivity index (χ2n) is 4.50. The Hall–Kier alpha value is -1.35. The third kappa shape index (κ3) is 3.07. The zero-order chi connectivity index (χ0) is 12.3. The van der Waals surface area contributed by atoms with E-state index in [0.29, 0.717) is 18.7 Å². The zero-order valence-electron chi connectivity index (χ0n) is 10.4. The highest BCUT2D eigenvalue weighted by molar-refractivity contribution is 5.65. The fourth-order valence-electron chi connectivity index (χ4n) is 2.34. The normalized spacial score (nSPS) is 26.6. The maximum atomic E-state index is 10.8. The van der Waals surface area contributed by atoms with Gasteiger partial charge < -0.3 is 4.74 Å². The van der Waals surface area contributed by atoms with Crippen molar-refractivity contribution in [1.82, 2.24) is 4.90 Å². The van der Waals surface area contributed by atoms with Crippen LogP contribution in [0.5, 0.6) is 0 Å². The molecule has 0 amide bonds. The summed E-state index contributed by atoms with van der Waals surface area (Å²) in [6, 6.07) is 11.4. The molecule has 0 N–H and O–H groups in total. The van der Waals surface area contributed by atoms with E-state index in [9.17, 15) is 4.79 Å². The maximum Gasteiger partial charge on any atom is 0.302 e. The number of carbonyl (C=O) groups excluding carboxylic acids is 1. The predicted molar refractivity (Wildman–Crippen MR) is 66.5 cm³/mol. The number of nitrogens with zero attached hydrogens (tertiary/aromatic N) is 1. The predicted octanol–water partition coefficient (Wildman–Crippen LogP) is 2.21. The SMILES string of the molecule is CC[C@@H]1[C@H](COC(C)=O)N1Cc1ccccc1. The van der Waals surface area contributed by atoms with Gasteiger partial charge >= 0.3 is 5.97 Å². The first-order valence-electron chi connectivity index (χ1n) is 6.15. The molecule has 0 bridgehead atoms. The molecule has 0 aromatic heterocycles. The van der Waals surface area contributed by atoms with Gasteiger partial charge in [0.15, 0.2) is 0 Å². The molecule has 3 atom stereocenters. The van der Waals surface area contributed by atoms with E-state index in [1.165, 1.54) is 12.5 Å². The van der Waals surface area contributed by atoms with Crippen LogP contribution in [0.25, 0.3) is 0 Å². The molecule has 1 aromatic carbocycles. The molecule has 2 rings (SSSR count). The second-order valence-corrected chi connectivity index (χ2v) is 4.50. The summed E-state index contributed by atoms with van der Waals surface area (Å²) in [7, 11) is 0. The molecule has 1 aliphatic heterocycles. The third-order valence-corrected chi connectivity index (χ3v) is 3.29. The summed E-state index contributed by atoms with van der Waals surface area (Å²) in [4.78, 5) is 13.2. The largest absolute Gasteiger partial charge is 0.464 e. The molecule has 3 nitrogen and oxygen atoms in total. The Labute approximate surface area is 102 Å². The smallest absolute Gasteiger partial charge is 0.302 e. The lowest BCUT2D eigenvalue weighted by atomic mass is 10.2. The van der Waals surface area contributed by atoms with Gasteiger partial charge in [-0.15, -0.1) is 0 Å². The minimum Gasteiger partial charge on any atom is -0.464 e. The van der Waals surface area contributed by atoms with Crippen LogP contribution in [-0.2, 0) is 16.1 Å². The van der Waals surface area contributed by atoms with Gasteiger partial charge in [0.2, 0.25) is 0 Å². The first-order valence-corrected chi connectivity index (χ1v) is 6.15. The molecule has 17 heavy (non-hydrogen) atoms. The first-order chi connectivity index (χ1) is 8.22. The van der Waals surface area contributed by atoms with E-state index in [-0.39, 0.29) is 5.97 Å². The molecular weight excluding hydrogens is 214 g/mol. The number of rotatable bonds is 5. The highest BCUT2D eigenvalue weighted by Crippen LogP contribution is 2.33. The molecule has 1 unspecified atom stereocenters. The van der Waals surface area contributed by atoms with Crippen molar-refractivity contribution in [2.24, 2.45) is 0 Å². The Balaban J connectivity index is 1.87. The van der Waals surface area contributed by atoms with Gasteiger partial charge in [-0.3, -0.25) is 9.69 Å². The number of hydrogen-bond donors (Lipinski definition) is 0. The van der Waals surface area contributed by atoms with Gasteiger partial charge in [-0.25, -0.2) is 0 Å². The molecule has 0 radical (unpaired) electrons. The summed E-state index contributed by atoms with van der Waals surface area (Å²) < 4.78 is 5.09. The van der Waals surface area contributed by atoms with E-state index in [1.807, 2.05) is 6.07 Å². The monoisotopic (exact) mass is 233 g/mol. The van der Waals surface area contributed by atoms with Crippen molar-refractivity contribution in [1.29, 1.82) is 0 Å². The quantitative estimate of drug-likeness (QED) is 0.577. The van der Waals surface area contributed by atoms with Crippen LogP contribution in [0.1, 0.15) is 25.8 Å². The standard InChI is InChI=1S/C14H19NO2/c1-3-13-14(10-17-11(2)16)15(13)9-12-7-5-4-6-8-12/h4-8,13-14H,3,9-10H2,1-2H3/t13-,14+,15?/m1/s1. The number of carbonyl (C=O) groups is 1. The lowest BCUT2D eigenvalue weighted by molar-refractivity contribution is -0.141. The minimum absolute atomic E-state index is 0.189. The van der Waals surface area contributed by atoms with Crippen molar-refractivity contribution in [2.45, 2.75) is 38.9 Å². The Morgan fingerprint density at radius 1 is 1.29 bits per heavy atom. The van der Waals surface area contributed by atoms with E-state index in [0.717, 1.165) is 13.0 Å². The Morgan fingerprint density at radius 2 is 2.00 bits per heavy atom. The van der Waals surface area contributed by atoms with Crippen LogP contribution >= 0.6 is 0 Å². The summed E-state index contributed by atoms with van der Waals surface area (Å²) in [5.41, 5.74) is 1.32. The lowest BCUT2D eigenvalue weighted by Crippen LogP contribution is -2.11. The summed E-state index contributed by atoms with van der Waals surface area (Å²) >= 11 is 0. The molecule has 0 saturated carbocycles. The van der Waals surface area contributed by atoms with Gasteiger partial charge in [-0.05, 0) is 12.0 Å². The van der Waals surface area contributed by atoms with Gasteiger partial charge in [-0.2, -0.15) is 0 Å². The number of esters is 1. The molecule has 3 heteroatoms. The van der Waals surface area contributed by atoms with Gasteiger partial charge in [0.05, 0.1) is 6.04 Å². The molecule has 92 valence electrons. The van der Waals surface area contributed by atoms with Crippen LogP contribution < -0.4 is 0 Å². The fourth-order valence-corrected chi connectivity index (χ4v) is 2.34. The first kappa shape index (κ1) is 12.1. The molecule has 1 fully saturated rings. The Bertz CT molecular complexity index is 377. The number of hydrogen-bond acceptors (Lipinski definition) is 3. The van der Waals surface area contributed by atoms with E-state index in [2.05, 4.69) is 36.1 Å². The summed E-state index contributed by atoms with van der Waals surface area (Å²) in [5.74, 6) is -0.189. The van der Waals surface area contributed by atoms with Crippen molar-refractivity contribution >= 4 is 5.97 Å². The van der Waals surface area contributed by atoms with Crippen molar-refractivity contribution in [3.63, 3.8) is 0 Å². The van der Waals surface area contributed by atoms with Crippen molar-refractivity contribution < 1.29 is 9.53 Å². The van der Waals surface area contributed by atoms with Gasteiger partial charge in [0, 0.05) is 19.5 Å². The highest BCUT2D eigenvalue weighted by atomic mass is 16.5. The van der Waals surface area contributed by atoms with E-state index in [1.54, 1.807) is 0 Å². The summed E-state index contributed by atoms with van der Waals surface area (Å²) in [5, 5.41) is 0. The second kappa shape index (κ2) is 5.32. The van der Waals surface area contributed by atoms with Crippen LogP contribution in [0.2, 0.25) is 0 Å². The van der Waals surface area contributed by atoms with E-state index in [4.69, 9.17) is 4.74 Å². The van der Waals surface area contributed by atoms with Gasteiger partial charge in [-0.1, -0.05) is 37.3 Å². The third-order valence-electron chi connectivity index (χ3n) is 3.29. The van der Waals surface area contributed by atoms with Gasteiger partial charge in [0.1, 0.15) is 6.61 Å². The van der Waals surface area contributed by atoms with Crippen molar-refractivity contribution in [3.05, 3.63) is 35.9 Å². The number of benzene rings is 1. The minimum atomic E-state index is -0.189. The molecule has 1 aromatic rings. The number of ether oxygens (including phenoxy) is 1. The molecule has 0 spiro atoms. The lowest BCUT2D eigenvalue weighted by Gasteiger charge is -2.04. The molecule has 1 heterocycles. The topological polar surface area (TPSA) is 29.3 Å². The average Bonchev–Trinajstić information content (AvgIpc) is 3.00. The molecule has 0 aliphatic carbocycles. The van der Waals surface area contributed by atoms with Crippen LogP contribution in [0.15, 0.2) is 30.3 Å². The van der Waals surface area contributed by atoms with Crippen LogP contribution in [-0.4, -0.2) is 29.6 Å². The van der Waals surface area contributed by atoms with Gasteiger partial charge in [0.25, 0.3) is 0 Å². The van der Waals surface area contributed by atoms with Crippen LogP contribution in [0, 0.1) is 0 Å². The fraction of sp³-hybridized carbons (Fsp3) is 0.500. The van der Waals surface area contributed by atoms with Crippen molar-refractivity contribution in [2.75, 3.05) is 6.61 Å². The maximum absolute atomic E-state index is 10.8. The highest BCUT2D eigenvalue weighted by Gasteiger charge is 2.46. The molecule has 1 saturated heterocycles. The van der Waals surface area contributed by atoms with Crippen LogP contribution in [0.3, 0.4) is 0 Å². The van der Waals surface area contributed by atoms with E-state index >= 15 is 0 Å². The Morgan fingerprint density at radius 3 is 2.59 bits per heavy atom. The summed E-state index contributed by atoms with van der Waals surface area (Å²) in [6.45, 7) is 5.12. The summed E-state index contributed by atoms with van der Waals surface area (Å²) in [6.07, 6.45) is 1.11. The molecule has 1 aliphatic rings.